The highest BCUT2D eigenvalue weighted by Gasteiger charge is 2.13. The van der Waals surface area contributed by atoms with Crippen LogP contribution < -0.4 is 11.1 Å². The summed E-state index contributed by atoms with van der Waals surface area (Å²) in [5.41, 5.74) is 9.64. The average molecular weight is 413 g/mol. The monoisotopic (exact) mass is 412 g/mol. The molecule has 0 amide bonds. The molecule has 6 nitrogen and oxygen atoms in total. The molecular formula is C22H29ClN6. The maximum atomic E-state index is 6.30. The summed E-state index contributed by atoms with van der Waals surface area (Å²) in [7, 11) is 0. The minimum absolute atomic E-state index is 0.292. The summed E-state index contributed by atoms with van der Waals surface area (Å²) in [6.07, 6.45) is 3.93. The van der Waals surface area contributed by atoms with Gasteiger partial charge in [0.15, 0.2) is 5.65 Å². The van der Waals surface area contributed by atoms with Gasteiger partial charge in [0.25, 0.3) is 0 Å². The Kier molecular flexibility index (Phi) is 7.23. The normalized spacial score (nSPS) is 12.4. The first-order chi connectivity index (χ1) is 14.0. The Hall–Kier alpha value is -2.44. The number of nitrogen functional groups attached to an aromatic ring is 1. The van der Waals surface area contributed by atoms with Crippen LogP contribution in [0.1, 0.15) is 33.6 Å². The lowest BCUT2D eigenvalue weighted by molar-refractivity contribution is 0.295. The van der Waals surface area contributed by atoms with E-state index in [2.05, 4.69) is 45.9 Å². The fraction of sp³-hybridized carbons (Fsp3) is 0.409. The van der Waals surface area contributed by atoms with Crippen molar-refractivity contribution in [1.29, 1.82) is 0 Å². The highest BCUT2D eigenvalue weighted by Crippen LogP contribution is 2.29. The van der Waals surface area contributed by atoms with Gasteiger partial charge in [0, 0.05) is 17.7 Å². The molecule has 2 aromatic heterocycles. The molecule has 0 saturated carbocycles. The Labute approximate surface area is 177 Å². The molecule has 3 N–H and O–H groups in total. The van der Waals surface area contributed by atoms with E-state index in [-0.39, 0.29) is 0 Å². The van der Waals surface area contributed by atoms with E-state index < -0.39 is 0 Å². The lowest BCUT2D eigenvalue weighted by Crippen LogP contribution is -2.25. The van der Waals surface area contributed by atoms with E-state index in [9.17, 15) is 0 Å². The quantitative estimate of drug-likeness (QED) is 0.523. The Balaban J connectivity index is 1.79. The summed E-state index contributed by atoms with van der Waals surface area (Å²) in [6.45, 7) is 9.87. The summed E-state index contributed by atoms with van der Waals surface area (Å²) in [5.74, 6) is 0.418. The minimum atomic E-state index is 0.292. The number of aromatic nitrogens is 3. The number of pyridine rings is 1. The van der Waals surface area contributed by atoms with Gasteiger partial charge in [-0.1, -0.05) is 43.6 Å². The topological polar surface area (TPSA) is 80.0 Å². The first-order valence-corrected chi connectivity index (χ1v) is 10.6. The molecule has 7 heteroatoms. The van der Waals surface area contributed by atoms with Crippen molar-refractivity contribution < 1.29 is 0 Å². The summed E-state index contributed by atoms with van der Waals surface area (Å²) >= 11 is 6.30. The summed E-state index contributed by atoms with van der Waals surface area (Å²) in [5, 5.41) is 4.17. The van der Waals surface area contributed by atoms with Gasteiger partial charge in [0.2, 0.25) is 0 Å². The minimum Gasteiger partial charge on any atom is -0.384 e. The highest BCUT2D eigenvalue weighted by atomic mass is 35.5. The standard InChI is InChI=1S/C22H29ClN6/c1-4-29(5-2)12-8-9-15(3)26-18-13-20(24)28-22-21(18)25-14-19(27-22)16-10-6-7-11-17(16)23/h6-7,10-11,13-15H,4-5,8-9,12H2,1-3H3,(H3,24,26,27,28). The van der Waals surface area contributed by atoms with Gasteiger partial charge < -0.3 is 16.0 Å². The second-order valence-corrected chi connectivity index (χ2v) is 7.62. The summed E-state index contributed by atoms with van der Waals surface area (Å²) in [6, 6.07) is 9.69. The molecule has 1 unspecified atom stereocenters. The van der Waals surface area contributed by atoms with Crippen molar-refractivity contribution in [2.45, 2.75) is 39.7 Å². The van der Waals surface area contributed by atoms with Crippen molar-refractivity contribution in [3.63, 3.8) is 0 Å². The zero-order chi connectivity index (χ0) is 20.8. The van der Waals surface area contributed by atoms with Crippen LogP contribution in [0.3, 0.4) is 0 Å². The molecule has 3 aromatic rings. The second-order valence-electron chi connectivity index (χ2n) is 7.22. The zero-order valence-electron chi connectivity index (χ0n) is 17.3. The van der Waals surface area contributed by atoms with E-state index in [0.717, 1.165) is 43.7 Å². The molecule has 0 bridgehead atoms. The molecule has 0 aliphatic heterocycles. The Morgan fingerprint density at radius 3 is 2.66 bits per heavy atom. The van der Waals surface area contributed by atoms with Gasteiger partial charge in [-0.15, -0.1) is 0 Å². The largest absolute Gasteiger partial charge is 0.384 e. The number of anilines is 2. The van der Waals surface area contributed by atoms with Gasteiger partial charge in [-0.05, 0) is 45.5 Å². The van der Waals surface area contributed by atoms with E-state index in [1.807, 2.05) is 30.3 Å². The van der Waals surface area contributed by atoms with Gasteiger partial charge in [0.05, 0.1) is 22.6 Å². The molecule has 0 saturated heterocycles. The van der Waals surface area contributed by atoms with Crippen LogP contribution in [-0.4, -0.2) is 45.5 Å². The van der Waals surface area contributed by atoms with Crippen molar-refractivity contribution in [2.24, 2.45) is 0 Å². The van der Waals surface area contributed by atoms with Crippen LogP contribution in [0, 0.1) is 0 Å². The number of nitrogens with two attached hydrogens (primary N) is 1. The Morgan fingerprint density at radius 1 is 1.17 bits per heavy atom. The highest BCUT2D eigenvalue weighted by molar-refractivity contribution is 6.33. The van der Waals surface area contributed by atoms with Crippen LogP contribution in [0.5, 0.6) is 0 Å². The van der Waals surface area contributed by atoms with E-state index in [4.69, 9.17) is 17.3 Å². The van der Waals surface area contributed by atoms with Crippen LogP contribution in [0.15, 0.2) is 36.5 Å². The predicted molar refractivity (Wildman–Crippen MR) is 122 cm³/mol. The van der Waals surface area contributed by atoms with Crippen LogP contribution in [0.2, 0.25) is 5.02 Å². The van der Waals surface area contributed by atoms with Crippen LogP contribution in [0.25, 0.3) is 22.4 Å². The van der Waals surface area contributed by atoms with Crippen molar-refractivity contribution >= 4 is 34.3 Å². The molecule has 29 heavy (non-hydrogen) atoms. The number of rotatable bonds is 9. The molecule has 2 heterocycles. The number of nitrogens with one attached hydrogen (secondary N) is 1. The first kappa shape index (κ1) is 21.3. The van der Waals surface area contributed by atoms with Gasteiger partial charge in [-0.2, -0.15) is 0 Å². The van der Waals surface area contributed by atoms with E-state index in [1.165, 1.54) is 0 Å². The smallest absolute Gasteiger partial charge is 0.182 e. The van der Waals surface area contributed by atoms with E-state index in [1.54, 1.807) is 6.20 Å². The molecule has 3 rings (SSSR count). The summed E-state index contributed by atoms with van der Waals surface area (Å²) in [4.78, 5) is 16.1. The second kappa shape index (κ2) is 9.85. The van der Waals surface area contributed by atoms with Gasteiger partial charge in [-0.25, -0.2) is 15.0 Å². The molecule has 0 aliphatic rings. The molecule has 0 spiro atoms. The number of hydrogen-bond acceptors (Lipinski definition) is 6. The van der Waals surface area contributed by atoms with Gasteiger partial charge in [0.1, 0.15) is 11.3 Å². The number of fused-ring (bicyclic) bond motifs is 1. The van der Waals surface area contributed by atoms with Crippen molar-refractivity contribution in [3.8, 4) is 11.3 Å². The molecule has 1 aromatic carbocycles. The fourth-order valence-electron chi connectivity index (χ4n) is 3.43. The maximum absolute atomic E-state index is 6.30. The summed E-state index contributed by atoms with van der Waals surface area (Å²) < 4.78 is 0. The third-order valence-electron chi connectivity index (χ3n) is 5.09. The molecule has 0 aliphatic carbocycles. The van der Waals surface area contributed by atoms with E-state index >= 15 is 0 Å². The Bertz CT molecular complexity index is 957. The molecule has 154 valence electrons. The average Bonchev–Trinajstić information content (AvgIpc) is 2.71. The molecule has 1 atom stereocenters. The van der Waals surface area contributed by atoms with Crippen molar-refractivity contribution in [1.82, 2.24) is 19.9 Å². The van der Waals surface area contributed by atoms with Crippen LogP contribution >= 0.6 is 11.6 Å². The number of nitrogens with zero attached hydrogens (tertiary/aromatic N) is 4. The lowest BCUT2D eigenvalue weighted by atomic mass is 10.1. The zero-order valence-corrected chi connectivity index (χ0v) is 18.1. The van der Waals surface area contributed by atoms with Crippen molar-refractivity contribution in [2.75, 3.05) is 30.7 Å². The molecule has 0 fully saturated rings. The number of halogens is 1. The van der Waals surface area contributed by atoms with E-state index in [0.29, 0.717) is 33.7 Å². The third-order valence-corrected chi connectivity index (χ3v) is 5.42. The fourth-order valence-corrected chi connectivity index (χ4v) is 3.66. The van der Waals surface area contributed by atoms with Gasteiger partial charge >= 0.3 is 0 Å². The maximum Gasteiger partial charge on any atom is 0.182 e. The molecule has 0 radical (unpaired) electrons. The Morgan fingerprint density at radius 2 is 1.93 bits per heavy atom. The van der Waals surface area contributed by atoms with Gasteiger partial charge in [-0.3, -0.25) is 0 Å². The lowest BCUT2D eigenvalue weighted by Gasteiger charge is -2.20. The first-order valence-electron chi connectivity index (χ1n) is 10.2. The predicted octanol–water partition coefficient (Wildman–Crippen LogP) is 4.85. The third kappa shape index (κ3) is 5.34. The number of benzene rings is 1. The SMILES string of the molecule is CCN(CC)CCCC(C)Nc1cc(N)nc2nc(-c3ccccc3Cl)cnc12. The number of hydrogen-bond donors (Lipinski definition) is 2. The van der Waals surface area contributed by atoms with Crippen LogP contribution in [0.4, 0.5) is 11.5 Å². The van der Waals surface area contributed by atoms with Crippen LogP contribution in [-0.2, 0) is 0 Å². The van der Waals surface area contributed by atoms with Crippen molar-refractivity contribution in [3.05, 3.63) is 41.6 Å². The molecular weight excluding hydrogens is 384 g/mol.